The molecule has 0 aliphatic heterocycles. The van der Waals surface area contributed by atoms with Gasteiger partial charge in [-0.3, -0.25) is 4.98 Å². The van der Waals surface area contributed by atoms with Crippen LogP contribution in [0.2, 0.25) is 0 Å². The molecule has 2 aromatic rings. The minimum absolute atomic E-state index is 0.0135. The SMILES string of the molecule is CN(C)CCN(C)c1cc(C(F)(F)F)nc(-c2cccnc2)n1. The van der Waals surface area contributed by atoms with Gasteiger partial charge in [0.15, 0.2) is 11.5 Å². The molecule has 0 atom stereocenters. The molecule has 0 saturated carbocycles. The Morgan fingerprint density at radius 3 is 2.39 bits per heavy atom. The van der Waals surface area contributed by atoms with Crippen molar-refractivity contribution in [1.82, 2.24) is 19.9 Å². The zero-order valence-electron chi connectivity index (χ0n) is 13.2. The summed E-state index contributed by atoms with van der Waals surface area (Å²) in [6.07, 6.45) is -1.54. The standard InChI is InChI=1S/C15H18F3N5/c1-22(2)7-8-23(3)13-9-12(15(16,17)18)20-14(21-13)11-5-4-6-19-10-11/h4-6,9-10H,7-8H2,1-3H3. The summed E-state index contributed by atoms with van der Waals surface area (Å²) in [5, 5.41) is 0. The quantitative estimate of drug-likeness (QED) is 0.845. The fourth-order valence-electron chi connectivity index (χ4n) is 1.86. The van der Waals surface area contributed by atoms with Crippen molar-refractivity contribution in [3.05, 3.63) is 36.3 Å². The Bertz CT molecular complexity index is 643. The Kier molecular flexibility index (Phi) is 5.15. The molecule has 0 aliphatic carbocycles. The number of alkyl halides is 3. The lowest BCUT2D eigenvalue weighted by Gasteiger charge is -2.22. The molecule has 0 saturated heterocycles. The molecule has 5 nitrogen and oxygen atoms in total. The zero-order chi connectivity index (χ0) is 17.0. The van der Waals surface area contributed by atoms with E-state index in [4.69, 9.17) is 0 Å². The lowest BCUT2D eigenvalue weighted by Crippen LogP contribution is -2.29. The van der Waals surface area contributed by atoms with E-state index < -0.39 is 11.9 Å². The summed E-state index contributed by atoms with van der Waals surface area (Å²) in [5.74, 6) is 0.243. The van der Waals surface area contributed by atoms with Gasteiger partial charge in [-0.2, -0.15) is 13.2 Å². The van der Waals surface area contributed by atoms with E-state index in [9.17, 15) is 13.2 Å². The Balaban J connectivity index is 2.42. The van der Waals surface area contributed by atoms with Crippen molar-refractivity contribution in [3.63, 3.8) is 0 Å². The van der Waals surface area contributed by atoms with Crippen LogP contribution < -0.4 is 4.90 Å². The third kappa shape index (κ3) is 4.62. The number of rotatable bonds is 5. The van der Waals surface area contributed by atoms with Crippen molar-refractivity contribution in [3.8, 4) is 11.4 Å². The fraction of sp³-hybridized carbons (Fsp3) is 0.400. The van der Waals surface area contributed by atoms with E-state index in [1.807, 2.05) is 19.0 Å². The Hall–Kier alpha value is -2.22. The van der Waals surface area contributed by atoms with Crippen molar-refractivity contribution in [2.24, 2.45) is 0 Å². The second kappa shape index (κ2) is 6.91. The van der Waals surface area contributed by atoms with Gasteiger partial charge >= 0.3 is 6.18 Å². The second-order valence-corrected chi connectivity index (χ2v) is 5.40. The average Bonchev–Trinajstić information content (AvgIpc) is 2.52. The third-order valence-electron chi connectivity index (χ3n) is 3.20. The first-order valence-electron chi connectivity index (χ1n) is 7.00. The van der Waals surface area contributed by atoms with Crippen molar-refractivity contribution >= 4 is 5.82 Å². The summed E-state index contributed by atoms with van der Waals surface area (Å²) in [4.78, 5) is 15.4. The molecule has 0 spiro atoms. The molecule has 0 bridgehead atoms. The van der Waals surface area contributed by atoms with Gasteiger partial charge < -0.3 is 9.80 Å². The van der Waals surface area contributed by atoms with Crippen LogP contribution in [0.25, 0.3) is 11.4 Å². The lowest BCUT2D eigenvalue weighted by molar-refractivity contribution is -0.141. The molecular weight excluding hydrogens is 307 g/mol. The van der Waals surface area contributed by atoms with Crippen LogP contribution in [0.5, 0.6) is 0 Å². The highest BCUT2D eigenvalue weighted by Gasteiger charge is 2.34. The summed E-state index contributed by atoms with van der Waals surface area (Å²) in [7, 11) is 5.51. The molecule has 0 amide bonds. The third-order valence-corrected chi connectivity index (χ3v) is 3.20. The molecular formula is C15H18F3N5. The first-order valence-corrected chi connectivity index (χ1v) is 7.00. The van der Waals surface area contributed by atoms with E-state index in [0.29, 0.717) is 18.7 Å². The first kappa shape index (κ1) is 17.1. The normalized spacial score (nSPS) is 11.8. The number of likely N-dealkylation sites (N-methyl/N-ethyl adjacent to an activating group) is 2. The van der Waals surface area contributed by atoms with Gasteiger partial charge in [-0.05, 0) is 26.2 Å². The highest BCUT2D eigenvalue weighted by molar-refractivity contribution is 5.56. The van der Waals surface area contributed by atoms with Crippen LogP contribution in [0.1, 0.15) is 5.69 Å². The minimum atomic E-state index is -4.53. The Labute approximate surface area is 132 Å². The smallest absolute Gasteiger partial charge is 0.358 e. The molecule has 0 radical (unpaired) electrons. The number of hydrogen-bond acceptors (Lipinski definition) is 5. The average molecular weight is 325 g/mol. The number of aromatic nitrogens is 3. The Morgan fingerprint density at radius 1 is 1.09 bits per heavy atom. The summed E-state index contributed by atoms with van der Waals surface area (Å²) >= 11 is 0. The highest BCUT2D eigenvalue weighted by Crippen LogP contribution is 2.31. The van der Waals surface area contributed by atoms with Gasteiger partial charge in [0.25, 0.3) is 0 Å². The number of pyridine rings is 1. The number of hydrogen-bond donors (Lipinski definition) is 0. The zero-order valence-corrected chi connectivity index (χ0v) is 13.2. The van der Waals surface area contributed by atoms with Gasteiger partial charge in [-0.25, -0.2) is 9.97 Å². The molecule has 0 aromatic carbocycles. The maximum absolute atomic E-state index is 13.1. The molecule has 0 N–H and O–H groups in total. The number of anilines is 1. The van der Waals surface area contributed by atoms with E-state index >= 15 is 0 Å². The number of halogens is 3. The first-order chi connectivity index (χ1) is 10.8. The van der Waals surface area contributed by atoms with Crippen LogP contribution in [0.4, 0.5) is 19.0 Å². The summed E-state index contributed by atoms with van der Waals surface area (Å²) in [5.41, 5.74) is -0.515. The number of nitrogens with zero attached hydrogens (tertiary/aromatic N) is 5. The summed E-state index contributed by atoms with van der Waals surface area (Å²) in [6, 6.07) is 4.23. The molecule has 23 heavy (non-hydrogen) atoms. The van der Waals surface area contributed by atoms with Crippen LogP contribution in [-0.2, 0) is 6.18 Å². The van der Waals surface area contributed by atoms with Crippen LogP contribution in [-0.4, -0.2) is 54.1 Å². The molecule has 0 unspecified atom stereocenters. The topological polar surface area (TPSA) is 45.2 Å². The van der Waals surface area contributed by atoms with Gasteiger partial charge in [-0.15, -0.1) is 0 Å². The Morgan fingerprint density at radius 2 is 1.83 bits per heavy atom. The van der Waals surface area contributed by atoms with Gasteiger partial charge in [0.2, 0.25) is 0 Å². The van der Waals surface area contributed by atoms with Crippen LogP contribution in [0.3, 0.4) is 0 Å². The maximum atomic E-state index is 13.1. The summed E-state index contributed by atoms with van der Waals surface area (Å²) in [6.45, 7) is 1.25. The molecule has 2 rings (SSSR count). The minimum Gasteiger partial charge on any atom is -0.358 e. The predicted octanol–water partition coefficient (Wildman–Crippen LogP) is 2.56. The monoisotopic (exact) mass is 325 g/mol. The highest BCUT2D eigenvalue weighted by atomic mass is 19.4. The van der Waals surface area contributed by atoms with Crippen molar-refractivity contribution in [2.45, 2.75) is 6.18 Å². The molecule has 8 heteroatoms. The van der Waals surface area contributed by atoms with E-state index in [0.717, 1.165) is 6.07 Å². The van der Waals surface area contributed by atoms with E-state index in [1.54, 1.807) is 30.3 Å². The second-order valence-electron chi connectivity index (χ2n) is 5.40. The van der Waals surface area contributed by atoms with Crippen molar-refractivity contribution in [2.75, 3.05) is 39.1 Å². The van der Waals surface area contributed by atoms with E-state index in [-0.39, 0.29) is 11.6 Å². The molecule has 0 aliphatic rings. The molecule has 124 valence electrons. The van der Waals surface area contributed by atoms with E-state index in [2.05, 4.69) is 15.0 Å². The fourth-order valence-corrected chi connectivity index (χ4v) is 1.86. The molecule has 2 aromatic heterocycles. The molecule has 0 fully saturated rings. The van der Waals surface area contributed by atoms with Crippen LogP contribution in [0, 0.1) is 0 Å². The predicted molar refractivity (Wildman–Crippen MR) is 82.1 cm³/mol. The van der Waals surface area contributed by atoms with Gasteiger partial charge in [-0.1, -0.05) is 0 Å². The largest absolute Gasteiger partial charge is 0.433 e. The summed E-state index contributed by atoms with van der Waals surface area (Å²) < 4.78 is 39.3. The lowest BCUT2D eigenvalue weighted by atomic mass is 10.2. The maximum Gasteiger partial charge on any atom is 0.433 e. The van der Waals surface area contributed by atoms with Gasteiger partial charge in [0, 0.05) is 44.2 Å². The molecule has 2 heterocycles. The van der Waals surface area contributed by atoms with Gasteiger partial charge in [0.05, 0.1) is 0 Å². The van der Waals surface area contributed by atoms with Crippen LogP contribution in [0.15, 0.2) is 30.6 Å². The van der Waals surface area contributed by atoms with Gasteiger partial charge in [0.1, 0.15) is 5.82 Å². The van der Waals surface area contributed by atoms with Crippen molar-refractivity contribution < 1.29 is 13.2 Å². The van der Waals surface area contributed by atoms with E-state index in [1.165, 1.54) is 6.20 Å². The van der Waals surface area contributed by atoms with Crippen molar-refractivity contribution in [1.29, 1.82) is 0 Å². The van der Waals surface area contributed by atoms with Crippen LogP contribution >= 0.6 is 0 Å².